The number of phenolic OH excluding ortho intramolecular Hbond substituents is 1. The number of hydrogen-bond acceptors (Lipinski definition) is 3. The minimum atomic E-state index is -0.231. The lowest BCUT2D eigenvalue weighted by Gasteiger charge is -2.18. The maximum atomic E-state index is 12.1. The average molecular weight is 249 g/mol. The van der Waals surface area contributed by atoms with Crippen LogP contribution >= 0.6 is 0 Å². The van der Waals surface area contributed by atoms with Gasteiger partial charge in [-0.25, -0.2) is 0 Å². The van der Waals surface area contributed by atoms with Crippen molar-refractivity contribution >= 4 is 5.91 Å². The van der Waals surface area contributed by atoms with Crippen molar-refractivity contribution in [1.82, 2.24) is 5.32 Å². The molecule has 2 atom stereocenters. The van der Waals surface area contributed by atoms with Crippen LogP contribution in [0.2, 0.25) is 0 Å². The molecule has 2 unspecified atom stereocenters. The summed E-state index contributed by atoms with van der Waals surface area (Å²) in [5.41, 5.74) is 0.272. The van der Waals surface area contributed by atoms with Crippen LogP contribution in [-0.2, 0) is 0 Å². The molecule has 0 radical (unpaired) electrons. The number of hydrogen-bond donors (Lipinski definition) is 2. The van der Waals surface area contributed by atoms with E-state index in [1.807, 2.05) is 0 Å². The number of para-hydroxylation sites is 1. The van der Waals surface area contributed by atoms with E-state index in [0.29, 0.717) is 11.7 Å². The van der Waals surface area contributed by atoms with Crippen molar-refractivity contribution in [3.8, 4) is 11.5 Å². The standard InChI is InChI=1S/C14H19NO3/c1-9-5-3-7-11(9)15-14(17)10-6-4-8-12(18-2)13(10)16/h4,6,8-9,11,16H,3,5,7H2,1-2H3,(H,15,17). The van der Waals surface area contributed by atoms with E-state index >= 15 is 0 Å². The maximum absolute atomic E-state index is 12.1. The van der Waals surface area contributed by atoms with Gasteiger partial charge >= 0.3 is 0 Å². The lowest BCUT2D eigenvalue weighted by molar-refractivity contribution is 0.0926. The van der Waals surface area contributed by atoms with E-state index in [1.165, 1.54) is 7.11 Å². The summed E-state index contributed by atoms with van der Waals surface area (Å²) >= 11 is 0. The van der Waals surface area contributed by atoms with Gasteiger partial charge in [0.05, 0.1) is 12.7 Å². The van der Waals surface area contributed by atoms with Gasteiger partial charge in [0.15, 0.2) is 11.5 Å². The molecule has 4 nitrogen and oxygen atoms in total. The van der Waals surface area contributed by atoms with Crippen LogP contribution in [-0.4, -0.2) is 24.2 Å². The monoisotopic (exact) mass is 249 g/mol. The van der Waals surface area contributed by atoms with Crippen molar-refractivity contribution in [1.29, 1.82) is 0 Å². The molecular weight excluding hydrogens is 230 g/mol. The first-order chi connectivity index (χ1) is 8.63. The van der Waals surface area contributed by atoms with E-state index in [9.17, 15) is 9.90 Å². The molecular formula is C14H19NO3. The molecule has 18 heavy (non-hydrogen) atoms. The lowest BCUT2D eigenvalue weighted by atomic mass is 10.1. The Morgan fingerprint density at radius 3 is 2.83 bits per heavy atom. The van der Waals surface area contributed by atoms with Crippen molar-refractivity contribution in [2.75, 3.05) is 7.11 Å². The normalized spacial score (nSPS) is 22.8. The Morgan fingerprint density at radius 1 is 1.44 bits per heavy atom. The third-order valence-corrected chi connectivity index (χ3v) is 3.64. The summed E-state index contributed by atoms with van der Waals surface area (Å²) in [6, 6.07) is 5.14. The molecule has 1 saturated carbocycles. The number of aromatic hydroxyl groups is 1. The van der Waals surface area contributed by atoms with Crippen LogP contribution in [0, 0.1) is 5.92 Å². The van der Waals surface area contributed by atoms with Crippen molar-refractivity contribution in [2.24, 2.45) is 5.92 Å². The highest BCUT2D eigenvalue weighted by Crippen LogP contribution is 2.30. The van der Waals surface area contributed by atoms with Gasteiger partial charge in [0, 0.05) is 6.04 Å². The van der Waals surface area contributed by atoms with Gasteiger partial charge in [-0.15, -0.1) is 0 Å². The molecule has 98 valence electrons. The van der Waals surface area contributed by atoms with Crippen LogP contribution in [0.4, 0.5) is 0 Å². The van der Waals surface area contributed by atoms with Crippen LogP contribution in [0.5, 0.6) is 11.5 Å². The van der Waals surface area contributed by atoms with E-state index in [1.54, 1.807) is 18.2 Å². The Bertz CT molecular complexity index is 445. The first kappa shape index (κ1) is 12.7. The molecule has 2 N–H and O–H groups in total. The minimum absolute atomic E-state index is 0.0943. The Balaban J connectivity index is 2.13. The number of rotatable bonds is 3. The minimum Gasteiger partial charge on any atom is -0.504 e. The molecule has 1 fully saturated rings. The predicted molar refractivity (Wildman–Crippen MR) is 68.9 cm³/mol. The van der Waals surface area contributed by atoms with Crippen LogP contribution in [0.1, 0.15) is 36.5 Å². The smallest absolute Gasteiger partial charge is 0.255 e. The third-order valence-electron chi connectivity index (χ3n) is 3.64. The summed E-state index contributed by atoms with van der Waals surface area (Å²) < 4.78 is 5.00. The van der Waals surface area contributed by atoms with Crippen LogP contribution < -0.4 is 10.1 Å². The Hall–Kier alpha value is -1.71. The molecule has 0 spiro atoms. The maximum Gasteiger partial charge on any atom is 0.255 e. The molecule has 0 heterocycles. The first-order valence-electron chi connectivity index (χ1n) is 6.30. The zero-order chi connectivity index (χ0) is 13.1. The molecule has 1 aromatic carbocycles. The predicted octanol–water partition coefficient (Wildman–Crippen LogP) is 2.32. The number of ether oxygens (including phenoxy) is 1. The summed E-state index contributed by atoms with van der Waals surface area (Å²) in [7, 11) is 1.47. The van der Waals surface area contributed by atoms with Gasteiger partial charge in [-0.1, -0.05) is 19.4 Å². The molecule has 0 bridgehead atoms. The van der Waals surface area contributed by atoms with E-state index in [4.69, 9.17) is 4.74 Å². The van der Waals surface area contributed by atoms with Gasteiger partial charge in [0.2, 0.25) is 0 Å². The Morgan fingerprint density at radius 2 is 2.22 bits per heavy atom. The molecule has 0 aromatic heterocycles. The summed E-state index contributed by atoms with van der Waals surface area (Å²) in [6.07, 6.45) is 3.31. The molecule has 0 aliphatic heterocycles. The number of benzene rings is 1. The van der Waals surface area contributed by atoms with Gasteiger partial charge < -0.3 is 15.2 Å². The molecule has 2 rings (SSSR count). The summed E-state index contributed by atoms with van der Waals surface area (Å²) in [5.74, 6) is 0.497. The molecule has 1 aromatic rings. The Labute approximate surface area is 107 Å². The fraction of sp³-hybridized carbons (Fsp3) is 0.500. The van der Waals surface area contributed by atoms with E-state index in [-0.39, 0.29) is 23.3 Å². The highest BCUT2D eigenvalue weighted by atomic mass is 16.5. The average Bonchev–Trinajstić information content (AvgIpc) is 2.75. The second-order valence-corrected chi connectivity index (χ2v) is 4.84. The summed E-state index contributed by atoms with van der Waals surface area (Å²) in [4.78, 5) is 12.1. The zero-order valence-electron chi connectivity index (χ0n) is 10.8. The fourth-order valence-electron chi connectivity index (χ4n) is 2.48. The largest absolute Gasteiger partial charge is 0.504 e. The van der Waals surface area contributed by atoms with Gasteiger partial charge in [-0.2, -0.15) is 0 Å². The van der Waals surface area contributed by atoms with Gasteiger partial charge in [0.1, 0.15) is 0 Å². The van der Waals surface area contributed by atoms with E-state index in [0.717, 1.165) is 19.3 Å². The van der Waals surface area contributed by atoms with Gasteiger partial charge in [-0.05, 0) is 30.9 Å². The van der Waals surface area contributed by atoms with Crippen LogP contribution in [0.25, 0.3) is 0 Å². The lowest BCUT2D eigenvalue weighted by Crippen LogP contribution is -2.36. The SMILES string of the molecule is COc1cccc(C(=O)NC2CCCC2C)c1O. The highest BCUT2D eigenvalue weighted by molar-refractivity contribution is 5.97. The highest BCUT2D eigenvalue weighted by Gasteiger charge is 2.26. The molecule has 1 aliphatic rings. The zero-order valence-corrected chi connectivity index (χ0v) is 10.8. The van der Waals surface area contributed by atoms with Crippen molar-refractivity contribution in [3.05, 3.63) is 23.8 Å². The van der Waals surface area contributed by atoms with Crippen molar-refractivity contribution < 1.29 is 14.6 Å². The number of carbonyl (C=O) groups excluding carboxylic acids is 1. The fourth-order valence-corrected chi connectivity index (χ4v) is 2.48. The topological polar surface area (TPSA) is 58.6 Å². The van der Waals surface area contributed by atoms with E-state index in [2.05, 4.69) is 12.2 Å². The van der Waals surface area contributed by atoms with Gasteiger partial charge in [-0.3, -0.25) is 4.79 Å². The second kappa shape index (κ2) is 5.29. The quantitative estimate of drug-likeness (QED) is 0.864. The second-order valence-electron chi connectivity index (χ2n) is 4.84. The molecule has 0 saturated heterocycles. The van der Waals surface area contributed by atoms with E-state index < -0.39 is 0 Å². The summed E-state index contributed by atoms with van der Waals surface area (Å²) in [5, 5.41) is 12.9. The third kappa shape index (κ3) is 2.42. The van der Waals surface area contributed by atoms with Crippen molar-refractivity contribution in [3.63, 3.8) is 0 Å². The first-order valence-corrected chi connectivity index (χ1v) is 6.30. The number of carbonyl (C=O) groups is 1. The van der Waals surface area contributed by atoms with Gasteiger partial charge in [0.25, 0.3) is 5.91 Å². The van der Waals surface area contributed by atoms with Crippen molar-refractivity contribution in [2.45, 2.75) is 32.2 Å². The number of nitrogens with one attached hydrogen (secondary N) is 1. The summed E-state index contributed by atoms with van der Waals surface area (Å²) in [6.45, 7) is 2.14. The molecule has 1 aliphatic carbocycles. The van der Waals surface area contributed by atoms with Crippen LogP contribution in [0.3, 0.4) is 0 Å². The Kier molecular flexibility index (Phi) is 3.75. The number of methoxy groups -OCH3 is 1. The molecule has 1 amide bonds. The van der Waals surface area contributed by atoms with Crippen LogP contribution in [0.15, 0.2) is 18.2 Å². The number of phenols is 1. The number of amides is 1. The molecule has 4 heteroatoms.